The highest BCUT2D eigenvalue weighted by Crippen LogP contribution is 2.26. The van der Waals surface area contributed by atoms with E-state index in [2.05, 4.69) is 5.32 Å². The van der Waals surface area contributed by atoms with Crippen LogP contribution in [0.2, 0.25) is 0 Å². The fourth-order valence-electron chi connectivity index (χ4n) is 2.28. The number of hydrogen-bond donors (Lipinski definition) is 2. The van der Waals surface area contributed by atoms with Gasteiger partial charge in [-0.1, -0.05) is 24.3 Å². The fraction of sp³-hybridized carbons (Fsp3) is 0.263. The molecule has 24 heavy (non-hydrogen) atoms. The number of carboxylic acids is 1. The van der Waals surface area contributed by atoms with Gasteiger partial charge in [0.1, 0.15) is 5.82 Å². The maximum Gasteiger partial charge on any atom is 0.310 e. The van der Waals surface area contributed by atoms with Crippen molar-refractivity contribution in [3.63, 3.8) is 0 Å². The zero-order valence-corrected chi connectivity index (χ0v) is 13.8. The lowest BCUT2D eigenvalue weighted by Crippen LogP contribution is -2.34. The number of carbonyl (C=O) groups is 2. The van der Waals surface area contributed by atoms with Crippen LogP contribution in [0, 0.1) is 5.82 Å². The molecule has 2 aromatic rings. The Morgan fingerprint density at radius 1 is 1.04 bits per heavy atom. The van der Waals surface area contributed by atoms with Crippen LogP contribution < -0.4 is 5.32 Å². The first-order valence-corrected chi connectivity index (χ1v) is 7.62. The lowest BCUT2D eigenvalue weighted by atomic mass is 9.83. The van der Waals surface area contributed by atoms with Gasteiger partial charge in [0.25, 0.3) is 0 Å². The van der Waals surface area contributed by atoms with Crippen LogP contribution in [0.15, 0.2) is 48.5 Å². The van der Waals surface area contributed by atoms with Crippen LogP contribution in [0.25, 0.3) is 0 Å². The molecule has 0 aliphatic rings. The number of hydrogen-bond acceptors (Lipinski definition) is 2. The summed E-state index contributed by atoms with van der Waals surface area (Å²) >= 11 is 0. The fourth-order valence-corrected chi connectivity index (χ4v) is 2.28. The van der Waals surface area contributed by atoms with Gasteiger partial charge in [-0.3, -0.25) is 9.59 Å². The van der Waals surface area contributed by atoms with Gasteiger partial charge in [0, 0.05) is 5.69 Å². The Kier molecular flexibility index (Phi) is 5.02. The van der Waals surface area contributed by atoms with Crippen molar-refractivity contribution in [3.05, 3.63) is 65.5 Å². The van der Waals surface area contributed by atoms with Crippen molar-refractivity contribution in [2.24, 2.45) is 0 Å². The summed E-state index contributed by atoms with van der Waals surface area (Å²) in [5, 5.41) is 11.8. The molecular weight excluding hydrogens is 309 g/mol. The summed E-state index contributed by atoms with van der Waals surface area (Å²) in [5.41, 5.74) is 1.12. The summed E-state index contributed by atoms with van der Waals surface area (Å²) in [6.45, 7) is 5.13. The Morgan fingerprint density at radius 2 is 1.58 bits per heavy atom. The molecule has 2 aromatic carbocycles. The van der Waals surface area contributed by atoms with E-state index in [1.165, 1.54) is 12.1 Å². The molecule has 0 aliphatic heterocycles. The number of amides is 1. The van der Waals surface area contributed by atoms with E-state index in [1.807, 2.05) is 0 Å². The molecule has 1 atom stereocenters. The number of rotatable bonds is 5. The quantitative estimate of drug-likeness (QED) is 0.873. The summed E-state index contributed by atoms with van der Waals surface area (Å²) in [6.07, 6.45) is 0. The van der Waals surface area contributed by atoms with E-state index in [-0.39, 0.29) is 11.7 Å². The van der Waals surface area contributed by atoms with Crippen LogP contribution in [0.1, 0.15) is 37.8 Å². The average Bonchev–Trinajstić information content (AvgIpc) is 2.55. The van der Waals surface area contributed by atoms with Crippen LogP contribution in [0.4, 0.5) is 10.1 Å². The monoisotopic (exact) mass is 329 g/mol. The Morgan fingerprint density at radius 3 is 2.08 bits per heavy atom. The number of nitrogens with one attached hydrogen (secondary N) is 1. The molecular formula is C19H20FNO3. The third kappa shape index (κ3) is 3.79. The van der Waals surface area contributed by atoms with Gasteiger partial charge >= 0.3 is 5.97 Å². The molecule has 0 saturated heterocycles. The Labute approximate surface area is 140 Å². The molecule has 1 unspecified atom stereocenters. The van der Waals surface area contributed by atoms with Crippen LogP contribution in [0.3, 0.4) is 0 Å². The van der Waals surface area contributed by atoms with E-state index in [0.29, 0.717) is 16.8 Å². The zero-order chi connectivity index (χ0) is 17.9. The lowest BCUT2D eigenvalue weighted by molar-refractivity contribution is -0.138. The van der Waals surface area contributed by atoms with Crippen molar-refractivity contribution in [1.29, 1.82) is 0 Å². The Hall–Kier alpha value is -2.69. The highest BCUT2D eigenvalue weighted by atomic mass is 19.1. The molecule has 0 fully saturated rings. The summed E-state index contributed by atoms with van der Waals surface area (Å²) in [7, 11) is 0. The third-order valence-electron chi connectivity index (χ3n) is 4.17. The molecule has 0 radical (unpaired) electrons. The smallest absolute Gasteiger partial charge is 0.310 e. The maximum absolute atomic E-state index is 13.0. The average molecular weight is 329 g/mol. The van der Waals surface area contributed by atoms with E-state index in [9.17, 15) is 14.0 Å². The number of benzene rings is 2. The largest absolute Gasteiger partial charge is 0.481 e. The van der Waals surface area contributed by atoms with Crippen LogP contribution in [0.5, 0.6) is 0 Å². The van der Waals surface area contributed by atoms with Gasteiger partial charge in [-0.05, 0) is 56.2 Å². The molecule has 0 bridgehead atoms. The molecule has 5 heteroatoms. The van der Waals surface area contributed by atoms with E-state index in [4.69, 9.17) is 5.11 Å². The third-order valence-corrected chi connectivity index (χ3v) is 4.17. The molecule has 0 aromatic heterocycles. The number of carbonyl (C=O) groups excluding carboxylic acids is 1. The predicted molar refractivity (Wildman–Crippen MR) is 90.5 cm³/mol. The standard InChI is InChI=1S/C19H20FNO3/c1-12(17(22)23)13-4-10-16(11-5-13)21-18(24)19(2,3)14-6-8-15(20)9-7-14/h4-12H,1-3H3,(H,21,24)(H,22,23). The molecule has 2 rings (SSSR count). The van der Waals surface area contributed by atoms with E-state index >= 15 is 0 Å². The molecule has 4 nitrogen and oxygen atoms in total. The van der Waals surface area contributed by atoms with Gasteiger partial charge < -0.3 is 10.4 Å². The summed E-state index contributed by atoms with van der Waals surface area (Å²) in [6, 6.07) is 12.5. The minimum absolute atomic E-state index is 0.229. The second-order valence-corrected chi connectivity index (χ2v) is 6.27. The van der Waals surface area contributed by atoms with Crippen LogP contribution >= 0.6 is 0 Å². The van der Waals surface area contributed by atoms with Crippen molar-refractivity contribution < 1.29 is 19.1 Å². The number of halogens is 1. The van der Waals surface area contributed by atoms with Gasteiger partial charge in [-0.15, -0.1) is 0 Å². The number of aliphatic carboxylic acids is 1. The Balaban J connectivity index is 2.13. The van der Waals surface area contributed by atoms with Crippen molar-refractivity contribution in [3.8, 4) is 0 Å². The first kappa shape index (κ1) is 17.7. The van der Waals surface area contributed by atoms with E-state index < -0.39 is 17.3 Å². The first-order chi connectivity index (χ1) is 11.2. The summed E-state index contributed by atoms with van der Waals surface area (Å²) < 4.78 is 13.0. The topological polar surface area (TPSA) is 66.4 Å². The van der Waals surface area contributed by atoms with Crippen molar-refractivity contribution in [2.45, 2.75) is 32.1 Å². The van der Waals surface area contributed by atoms with Crippen LogP contribution in [-0.2, 0) is 15.0 Å². The first-order valence-electron chi connectivity index (χ1n) is 7.62. The van der Waals surface area contributed by atoms with Crippen molar-refractivity contribution >= 4 is 17.6 Å². The zero-order valence-electron chi connectivity index (χ0n) is 13.8. The van der Waals surface area contributed by atoms with Gasteiger partial charge in [-0.25, -0.2) is 4.39 Å². The predicted octanol–water partition coefficient (Wildman–Crippen LogP) is 3.93. The lowest BCUT2D eigenvalue weighted by Gasteiger charge is -2.24. The second kappa shape index (κ2) is 6.83. The highest BCUT2D eigenvalue weighted by molar-refractivity contribution is 5.98. The van der Waals surface area contributed by atoms with Gasteiger partial charge in [0.15, 0.2) is 0 Å². The molecule has 2 N–H and O–H groups in total. The molecule has 0 aliphatic carbocycles. The molecule has 1 amide bonds. The normalized spacial score (nSPS) is 12.5. The number of anilines is 1. The Bertz CT molecular complexity index is 736. The molecule has 0 spiro atoms. The summed E-state index contributed by atoms with van der Waals surface area (Å²) in [4.78, 5) is 23.5. The minimum Gasteiger partial charge on any atom is -0.481 e. The summed E-state index contributed by atoms with van der Waals surface area (Å²) in [5.74, 6) is -2.08. The molecule has 126 valence electrons. The molecule has 0 heterocycles. The van der Waals surface area contributed by atoms with Crippen LogP contribution in [-0.4, -0.2) is 17.0 Å². The minimum atomic E-state index is -0.899. The number of carboxylic acid groups (broad SMARTS) is 1. The SMILES string of the molecule is CC(C(=O)O)c1ccc(NC(=O)C(C)(C)c2ccc(F)cc2)cc1. The molecule has 0 saturated carbocycles. The second-order valence-electron chi connectivity index (χ2n) is 6.27. The van der Waals surface area contributed by atoms with Gasteiger partial charge in [0.2, 0.25) is 5.91 Å². The van der Waals surface area contributed by atoms with E-state index in [1.54, 1.807) is 57.2 Å². The van der Waals surface area contributed by atoms with Gasteiger partial charge in [-0.2, -0.15) is 0 Å². The van der Waals surface area contributed by atoms with Crippen molar-refractivity contribution in [1.82, 2.24) is 0 Å². The van der Waals surface area contributed by atoms with Crippen molar-refractivity contribution in [2.75, 3.05) is 5.32 Å². The van der Waals surface area contributed by atoms with Gasteiger partial charge in [0.05, 0.1) is 11.3 Å². The maximum atomic E-state index is 13.0. The van der Waals surface area contributed by atoms with E-state index in [0.717, 1.165) is 0 Å². The highest BCUT2D eigenvalue weighted by Gasteiger charge is 2.29.